The zero-order valence-electron chi connectivity index (χ0n) is 34.6. The molecule has 62 heavy (non-hydrogen) atoms. The summed E-state index contributed by atoms with van der Waals surface area (Å²) < 4.78 is 5.76. The van der Waals surface area contributed by atoms with Gasteiger partial charge in [-0.25, -0.2) is 4.79 Å². The minimum Gasteiger partial charge on any atom is -0.506 e. The summed E-state index contributed by atoms with van der Waals surface area (Å²) in [4.78, 5) is 55.3. The maximum atomic E-state index is 13.2. The van der Waals surface area contributed by atoms with E-state index in [4.69, 9.17) is 4.74 Å². The molecule has 0 saturated carbocycles. The molecular formula is C49H52N6O7. The third kappa shape index (κ3) is 11.7. The lowest BCUT2D eigenvalue weighted by molar-refractivity contribution is -0.121. The maximum Gasteiger partial charge on any atom is 0.411 e. The molecule has 0 bridgehead atoms. The van der Waals surface area contributed by atoms with Gasteiger partial charge in [0, 0.05) is 73.5 Å². The van der Waals surface area contributed by atoms with Crippen LogP contribution in [-0.2, 0) is 22.5 Å². The first kappa shape index (κ1) is 43.3. The normalized spacial score (nSPS) is 14.2. The van der Waals surface area contributed by atoms with Gasteiger partial charge < -0.3 is 40.8 Å². The lowest BCUT2D eigenvalue weighted by Gasteiger charge is -2.31. The van der Waals surface area contributed by atoms with Gasteiger partial charge in [0.25, 0.3) is 5.91 Å². The van der Waals surface area contributed by atoms with Crippen LogP contribution in [0.5, 0.6) is 5.75 Å². The monoisotopic (exact) mass is 836 g/mol. The number of carbonyl (C=O) groups is 3. The van der Waals surface area contributed by atoms with Crippen LogP contribution in [0, 0.1) is 0 Å². The molecule has 320 valence electrons. The number of pyridine rings is 1. The summed E-state index contributed by atoms with van der Waals surface area (Å²) in [6.07, 6.45) is 0.845. The van der Waals surface area contributed by atoms with Gasteiger partial charge in [0.2, 0.25) is 11.5 Å². The number of piperidine rings is 1. The van der Waals surface area contributed by atoms with Gasteiger partial charge in [-0.3, -0.25) is 19.7 Å². The number of ether oxygens (including phenoxy) is 1. The minimum absolute atomic E-state index is 0.0195. The Bertz CT molecular complexity index is 2540. The number of likely N-dealkylation sites (tertiary alicyclic amines) is 1. The van der Waals surface area contributed by atoms with Crippen molar-refractivity contribution in [2.75, 3.05) is 36.8 Å². The van der Waals surface area contributed by atoms with Crippen LogP contribution >= 0.6 is 0 Å². The van der Waals surface area contributed by atoms with E-state index in [1.165, 1.54) is 12.1 Å². The summed E-state index contributed by atoms with van der Waals surface area (Å²) in [6.45, 7) is 4.62. The van der Waals surface area contributed by atoms with Gasteiger partial charge in [0.05, 0.1) is 17.3 Å². The van der Waals surface area contributed by atoms with E-state index in [0.29, 0.717) is 72.2 Å². The van der Waals surface area contributed by atoms with Crippen molar-refractivity contribution in [1.29, 1.82) is 0 Å². The van der Waals surface area contributed by atoms with E-state index in [0.717, 1.165) is 35.3 Å². The zero-order valence-corrected chi connectivity index (χ0v) is 34.6. The average Bonchev–Trinajstić information content (AvgIpc) is 3.28. The number of nitrogens with zero attached hydrogens (tertiary/aromatic N) is 1. The Labute approximate surface area is 360 Å². The third-order valence-electron chi connectivity index (χ3n) is 11.1. The lowest BCUT2D eigenvalue weighted by Crippen LogP contribution is -2.40. The van der Waals surface area contributed by atoms with E-state index in [9.17, 15) is 29.4 Å². The summed E-state index contributed by atoms with van der Waals surface area (Å²) >= 11 is 0. The number of para-hydroxylation sites is 1. The number of rotatable bonds is 16. The van der Waals surface area contributed by atoms with Crippen LogP contribution in [0.3, 0.4) is 0 Å². The summed E-state index contributed by atoms with van der Waals surface area (Å²) in [6, 6.07) is 38.4. The van der Waals surface area contributed by atoms with E-state index in [2.05, 4.69) is 31.2 Å². The van der Waals surface area contributed by atoms with E-state index in [-0.39, 0.29) is 41.8 Å². The molecule has 7 rings (SSSR count). The Hall–Kier alpha value is -6.80. The first-order chi connectivity index (χ1) is 30.1. The van der Waals surface area contributed by atoms with Crippen molar-refractivity contribution in [3.05, 3.63) is 160 Å². The van der Waals surface area contributed by atoms with Crippen molar-refractivity contribution in [1.82, 2.24) is 20.5 Å². The summed E-state index contributed by atoms with van der Waals surface area (Å²) in [5.74, 6) is -0.400. The Morgan fingerprint density at radius 3 is 2.39 bits per heavy atom. The quantitative estimate of drug-likeness (QED) is 0.0533. The number of amides is 3. The van der Waals surface area contributed by atoms with Gasteiger partial charge in [0.1, 0.15) is 11.9 Å². The Kier molecular flexibility index (Phi) is 14.4. The van der Waals surface area contributed by atoms with Gasteiger partial charge >= 0.3 is 6.09 Å². The molecule has 7 N–H and O–H groups in total. The predicted molar refractivity (Wildman–Crippen MR) is 241 cm³/mol. The number of aliphatic hydroxyl groups excluding tert-OH is 1. The molecule has 13 nitrogen and oxygen atoms in total. The molecule has 13 heteroatoms. The standard InChI is InChI=1S/C49H52N6O7/c1-32(50-31-44(57)40-18-20-43(56)47-41(40)19-21-46(59)54-47)28-33-14-16-37(17-15-33)52-48(60)36-11-7-8-34(29-36)30-51-45(58)24-27-55-25-22-38(23-26-55)62-49(61)53-42-13-6-5-12-39(42)35-9-3-2-4-10-35/h2-21,29,32,38,44,50,56-57H,22-28,30-31H2,1H3,(H,51,58)(H,52,60)(H,53,61)(H,54,59)/t32-,44-/m0/s1. The van der Waals surface area contributed by atoms with Gasteiger partial charge in [0.15, 0.2) is 0 Å². The highest BCUT2D eigenvalue weighted by Crippen LogP contribution is 2.30. The van der Waals surface area contributed by atoms with Crippen LogP contribution in [0.25, 0.3) is 22.0 Å². The first-order valence-corrected chi connectivity index (χ1v) is 20.9. The fourth-order valence-corrected chi connectivity index (χ4v) is 7.70. The molecule has 2 heterocycles. The molecule has 0 unspecified atom stereocenters. The predicted octanol–water partition coefficient (Wildman–Crippen LogP) is 7.13. The van der Waals surface area contributed by atoms with Crippen molar-refractivity contribution < 1.29 is 29.3 Å². The van der Waals surface area contributed by atoms with Crippen LogP contribution in [0.15, 0.2) is 132 Å². The van der Waals surface area contributed by atoms with Crippen LogP contribution in [-0.4, -0.2) is 76.3 Å². The number of carbonyl (C=O) groups excluding carboxylic acids is 3. The lowest BCUT2D eigenvalue weighted by atomic mass is 10.0. The number of hydrogen-bond acceptors (Lipinski definition) is 9. The molecule has 3 amide bonds. The van der Waals surface area contributed by atoms with E-state index in [1.54, 1.807) is 30.3 Å². The Morgan fingerprint density at radius 2 is 1.60 bits per heavy atom. The second kappa shape index (κ2) is 20.6. The summed E-state index contributed by atoms with van der Waals surface area (Å²) in [5, 5.41) is 33.8. The number of hydrogen-bond donors (Lipinski definition) is 7. The van der Waals surface area contributed by atoms with Gasteiger partial charge in [-0.1, -0.05) is 78.9 Å². The van der Waals surface area contributed by atoms with Gasteiger partial charge in [-0.05, 0) is 90.9 Å². The molecule has 0 aliphatic carbocycles. The second-order valence-electron chi connectivity index (χ2n) is 15.7. The fourth-order valence-electron chi connectivity index (χ4n) is 7.70. The SMILES string of the molecule is C[C@@H](Cc1ccc(NC(=O)c2cccc(CNC(=O)CCN3CCC(OC(=O)Nc4ccccc4-c4ccccc4)CC3)c2)cc1)NC[C@H](O)c1ccc(O)c2[nH]c(=O)ccc12. The number of aromatic hydroxyl groups is 1. The van der Waals surface area contributed by atoms with Gasteiger partial charge in [-0.2, -0.15) is 0 Å². The molecular weight excluding hydrogens is 785 g/mol. The Balaban J connectivity index is 0.793. The highest BCUT2D eigenvalue weighted by molar-refractivity contribution is 6.04. The molecule has 0 spiro atoms. The number of nitrogens with one attached hydrogen (secondary N) is 5. The molecule has 6 aromatic rings. The Morgan fingerprint density at radius 1 is 0.839 bits per heavy atom. The van der Waals surface area contributed by atoms with Crippen molar-refractivity contribution in [3.8, 4) is 16.9 Å². The molecule has 1 aromatic heterocycles. The van der Waals surface area contributed by atoms with Crippen molar-refractivity contribution in [3.63, 3.8) is 0 Å². The molecule has 1 aliphatic rings. The fraction of sp³-hybridized carbons (Fsp3) is 0.265. The summed E-state index contributed by atoms with van der Waals surface area (Å²) in [7, 11) is 0. The molecule has 1 fully saturated rings. The summed E-state index contributed by atoms with van der Waals surface area (Å²) in [5.41, 5.74) is 6.16. The van der Waals surface area contributed by atoms with Crippen LogP contribution < -0.4 is 26.8 Å². The van der Waals surface area contributed by atoms with Crippen molar-refractivity contribution in [2.24, 2.45) is 0 Å². The van der Waals surface area contributed by atoms with E-state index in [1.807, 2.05) is 91.9 Å². The molecule has 1 aliphatic heterocycles. The number of fused-ring (bicyclic) bond motifs is 1. The largest absolute Gasteiger partial charge is 0.506 e. The topological polar surface area (TPSA) is 185 Å². The molecule has 1 saturated heterocycles. The molecule has 0 radical (unpaired) electrons. The van der Waals surface area contributed by atoms with Crippen LogP contribution in [0.2, 0.25) is 0 Å². The van der Waals surface area contributed by atoms with Crippen LogP contribution in [0.1, 0.15) is 59.3 Å². The smallest absolute Gasteiger partial charge is 0.411 e. The number of aliphatic hydroxyl groups is 1. The van der Waals surface area contributed by atoms with Crippen molar-refractivity contribution >= 4 is 40.2 Å². The first-order valence-electron chi connectivity index (χ1n) is 20.9. The van der Waals surface area contributed by atoms with E-state index >= 15 is 0 Å². The number of anilines is 2. The number of phenols is 1. The zero-order chi connectivity index (χ0) is 43.4. The third-order valence-corrected chi connectivity index (χ3v) is 11.1. The number of phenolic OH excluding ortho intramolecular Hbond substituents is 1. The van der Waals surface area contributed by atoms with Crippen LogP contribution in [0.4, 0.5) is 16.2 Å². The van der Waals surface area contributed by atoms with E-state index < -0.39 is 12.2 Å². The number of aromatic amines is 1. The molecule has 2 atom stereocenters. The number of aromatic nitrogens is 1. The number of benzene rings is 5. The van der Waals surface area contributed by atoms with Gasteiger partial charge in [-0.15, -0.1) is 0 Å². The highest BCUT2D eigenvalue weighted by atomic mass is 16.6. The second-order valence-corrected chi connectivity index (χ2v) is 15.7. The van der Waals surface area contributed by atoms with Crippen molar-refractivity contribution in [2.45, 2.75) is 57.4 Å². The molecule has 5 aromatic carbocycles. The highest BCUT2D eigenvalue weighted by Gasteiger charge is 2.23. The maximum absolute atomic E-state index is 13.2. The number of H-pyrrole nitrogens is 1. The average molecular weight is 837 g/mol. The minimum atomic E-state index is -0.862.